The van der Waals surface area contributed by atoms with Crippen LogP contribution in [-0.2, 0) is 0 Å². The summed E-state index contributed by atoms with van der Waals surface area (Å²) in [4.78, 5) is 0.378. The Morgan fingerprint density at radius 1 is 1.13 bits per heavy atom. The van der Waals surface area contributed by atoms with Gasteiger partial charge in [-0.2, -0.15) is 8.78 Å². The van der Waals surface area contributed by atoms with Crippen molar-refractivity contribution in [3.05, 3.63) is 0 Å². The van der Waals surface area contributed by atoms with Crippen LogP contribution in [0.5, 0.6) is 0 Å². The lowest BCUT2D eigenvalue weighted by Gasteiger charge is -2.32. The highest BCUT2D eigenvalue weighted by Crippen LogP contribution is 2.55. The fraction of sp³-hybridized carbons (Fsp3) is 1.00. The summed E-state index contributed by atoms with van der Waals surface area (Å²) >= 11 is -5.74. The smallest absolute Gasteiger partial charge is 0.243 e. The minimum atomic E-state index is -5.74. The van der Waals surface area contributed by atoms with E-state index in [9.17, 15) is 24.8 Å². The summed E-state index contributed by atoms with van der Waals surface area (Å²) in [6.07, 6.45) is -3.19. The third-order valence-corrected chi connectivity index (χ3v) is 2.57. The van der Waals surface area contributed by atoms with E-state index >= 15 is 0 Å². The molecule has 0 radical (unpaired) electrons. The van der Waals surface area contributed by atoms with Gasteiger partial charge in [0, 0.05) is 13.1 Å². The van der Waals surface area contributed by atoms with Crippen LogP contribution in [0, 0.1) is 0 Å². The van der Waals surface area contributed by atoms with Crippen molar-refractivity contribution in [1.82, 2.24) is 4.90 Å². The van der Waals surface area contributed by atoms with Gasteiger partial charge in [-0.25, -0.2) is 9.29 Å². The van der Waals surface area contributed by atoms with Gasteiger partial charge < -0.3 is 0 Å². The van der Waals surface area contributed by atoms with Crippen molar-refractivity contribution in [1.29, 1.82) is 0 Å². The van der Waals surface area contributed by atoms with Gasteiger partial charge in [-0.1, -0.05) is 13.8 Å². The van der Waals surface area contributed by atoms with Crippen LogP contribution in [0.15, 0.2) is 0 Å². The SMILES string of the molecule is CCN(CC)C(F)(F)C(F)CS(F)(F)F. The van der Waals surface area contributed by atoms with Gasteiger partial charge in [-0.15, -0.1) is 11.7 Å². The molecule has 94 valence electrons. The number of hydrogen-bond donors (Lipinski definition) is 0. The fourth-order valence-corrected chi connectivity index (χ4v) is 1.64. The maximum atomic E-state index is 13.1. The molecule has 0 heterocycles. The second-order valence-electron chi connectivity index (χ2n) is 2.90. The standard InChI is InChI=1S/C7H13F6NS/c1-3-14(4-2)7(9,10)6(8)5-15(11,12)13/h6H,3-5H2,1-2H3. The van der Waals surface area contributed by atoms with Crippen LogP contribution < -0.4 is 0 Å². The number of alkyl halides is 3. The first kappa shape index (κ1) is 14.9. The van der Waals surface area contributed by atoms with Crippen molar-refractivity contribution in [2.24, 2.45) is 0 Å². The molecule has 1 atom stereocenters. The highest BCUT2D eigenvalue weighted by Gasteiger charge is 2.48. The minimum absolute atomic E-state index is 0.197. The second-order valence-corrected chi connectivity index (χ2v) is 4.23. The van der Waals surface area contributed by atoms with Gasteiger partial charge in [0.1, 0.15) is 0 Å². The molecule has 0 aromatic carbocycles. The van der Waals surface area contributed by atoms with Crippen molar-refractivity contribution in [3.63, 3.8) is 0 Å². The molecule has 0 aromatic rings. The molecule has 0 N–H and O–H groups in total. The van der Waals surface area contributed by atoms with Crippen molar-refractivity contribution < 1.29 is 24.8 Å². The zero-order valence-corrected chi connectivity index (χ0v) is 9.14. The highest BCUT2D eigenvalue weighted by atomic mass is 32.3. The first-order chi connectivity index (χ1) is 6.65. The molecule has 0 aliphatic heterocycles. The van der Waals surface area contributed by atoms with E-state index in [1.165, 1.54) is 13.8 Å². The summed E-state index contributed by atoms with van der Waals surface area (Å²) in [6.45, 7) is 2.28. The van der Waals surface area contributed by atoms with Crippen molar-refractivity contribution in [2.45, 2.75) is 26.1 Å². The average molecular weight is 257 g/mol. The molecule has 0 aromatic heterocycles. The molecule has 0 saturated heterocycles. The monoisotopic (exact) mass is 257 g/mol. The Balaban J connectivity index is 4.56. The van der Waals surface area contributed by atoms with Gasteiger partial charge in [-0.05, 0) is 0 Å². The summed E-state index contributed by atoms with van der Waals surface area (Å²) in [6, 6.07) is -4.05. The van der Waals surface area contributed by atoms with E-state index in [-0.39, 0.29) is 13.1 Å². The first-order valence-corrected chi connectivity index (χ1v) is 5.82. The van der Waals surface area contributed by atoms with E-state index in [4.69, 9.17) is 0 Å². The van der Waals surface area contributed by atoms with Gasteiger partial charge >= 0.3 is 6.05 Å². The molecule has 15 heavy (non-hydrogen) atoms. The second kappa shape index (κ2) is 5.29. The number of rotatable bonds is 6. The molecule has 0 amide bonds. The van der Waals surface area contributed by atoms with Crippen LogP contribution in [0.3, 0.4) is 0 Å². The molecular formula is C7H13F6NS. The number of hydrogen-bond acceptors (Lipinski definition) is 1. The summed E-state index contributed by atoms with van der Waals surface area (Å²) in [5.74, 6) is -2.05. The van der Waals surface area contributed by atoms with Gasteiger partial charge in [0.15, 0.2) is 6.17 Å². The number of nitrogens with zero attached hydrogens (tertiary/aromatic N) is 1. The van der Waals surface area contributed by atoms with Gasteiger partial charge in [0.25, 0.3) is 0 Å². The van der Waals surface area contributed by atoms with E-state index in [0.29, 0.717) is 4.90 Å². The van der Waals surface area contributed by atoms with Crippen LogP contribution >= 0.6 is 11.2 Å². The Bertz CT molecular complexity index is 190. The molecule has 0 rings (SSSR count). The molecule has 1 nitrogen and oxygen atoms in total. The molecule has 0 aliphatic carbocycles. The van der Waals surface area contributed by atoms with E-state index in [0.717, 1.165) is 0 Å². The number of halogens is 6. The molecule has 0 bridgehead atoms. The van der Waals surface area contributed by atoms with Crippen LogP contribution in [0.1, 0.15) is 13.8 Å². The summed E-state index contributed by atoms with van der Waals surface area (Å²) in [5, 5.41) is 0. The fourth-order valence-electron chi connectivity index (χ4n) is 1.11. The van der Waals surface area contributed by atoms with Gasteiger partial charge in [0.2, 0.25) is 11.2 Å². The molecule has 8 heteroatoms. The van der Waals surface area contributed by atoms with Crippen LogP contribution in [0.25, 0.3) is 0 Å². The molecule has 0 saturated carbocycles. The zero-order chi connectivity index (χ0) is 12.3. The summed E-state index contributed by atoms with van der Waals surface area (Å²) in [7, 11) is 0. The van der Waals surface area contributed by atoms with Crippen LogP contribution in [0.4, 0.5) is 24.8 Å². The van der Waals surface area contributed by atoms with Gasteiger partial charge in [0.05, 0.1) is 5.75 Å². The lowest BCUT2D eigenvalue weighted by atomic mass is 10.3. The topological polar surface area (TPSA) is 3.24 Å². The maximum absolute atomic E-state index is 13.1. The van der Waals surface area contributed by atoms with E-state index in [2.05, 4.69) is 0 Å². The predicted octanol–water partition coefficient (Wildman–Crippen LogP) is 3.72. The summed E-state index contributed by atoms with van der Waals surface area (Å²) < 4.78 is 74.4. The molecular weight excluding hydrogens is 244 g/mol. The van der Waals surface area contributed by atoms with Gasteiger partial charge in [-0.3, -0.25) is 0 Å². The minimum Gasteiger partial charge on any atom is -0.243 e. The molecule has 1 unspecified atom stereocenters. The lowest BCUT2D eigenvalue weighted by Crippen LogP contribution is -2.49. The highest BCUT2D eigenvalue weighted by molar-refractivity contribution is 8.20. The Labute approximate surface area is 86.6 Å². The Morgan fingerprint density at radius 3 is 1.80 bits per heavy atom. The normalized spacial score (nSPS) is 16.9. The Kier molecular flexibility index (Phi) is 5.25. The average Bonchev–Trinajstić information content (AvgIpc) is 2.02. The quantitative estimate of drug-likeness (QED) is 0.518. The van der Waals surface area contributed by atoms with Crippen molar-refractivity contribution in [2.75, 3.05) is 18.8 Å². The van der Waals surface area contributed by atoms with Crippen molar-refractivity contribution in [3.8, 4) is 0 Å². The zero-order valence-electron chi connectivity index (χ0n) is 8.32. The summed E-state index contributed by atoms with van der Waals surface area (Å²) in [5.41, 5.74) is 0. The predicted molar refractivity (Wildman–Crippen MR) is 48.5 cm³/mol. The van der Waals surface area contributed by atoms with E-state index in [1.807, 2.05) is 0 Å². The lowest BCUT2D eigenvalue weighted by molar-refractivity contribution is -0.183. The Hall–Kier alpha value is -0.110. The third-order valence-electron chi connectivity index (χ3n) is 1.90. The third kappa shape index (κ3) is 4.50. The maximum Gasteiger partial charge on any atom is 0.336 e. The molecule has 0 aliphatic rings. The Morgan fingerprint density at radius 2 is 1.53 bits per heavy atom. The molecule has 0 fully saturated rings. The van der Waals surface area contributed by atoms with Crippen molar-refractivity contribution >= 4 is 11.2 Å². The molecule has 0 spiro atoms. The van der Waals surface area contributed by atoms with E-state index in [1.54, 1.807) is 0 Å². The van der Waals surface area contributed by atoms with Crippen LogP contribution in [0.2, 0.25) is 0 Å². The first-order valence-electron chi connectivity index (χ1n) is 4.31. The largest absolute Gasteiger partial charge is 0.336 e. The van der Waals surface area contributed by atoms with Crippen LogP contribution in [-0.4, -0.2) is 36.0 Å². The van der Waals surface area contributed by atoms with E-state index < -0.39 is 29.2 Å².